The Labute approximate surface area is 135 Å². The van der Waals surface area contributed by atoms with E-state index in [9.17, 15) is 0 Å². The lowest BCUT2D eigenvalue weighted by Crippen LogP contribution is -2.24. The molecule has 0 saturated heterocycles. The summed E-state index contributed by atoms with van der Waals surface area (Å²) in [4.78, 5) is 0. The normalized spacial score (nSPS) is 11.4. The molecule has 0 bridgehead atoms. The third kappa shape index (κ3) is 16.2. The van der Waals surface area contributed by atoms with Crippen LogP contribution in [-0.2, 0) is 0 Å². The largest absolute Gasteiger partial charge is 0.317 e. The van der Waals surface area contributed by atoms with Gasteiger partial charge in [-0.2, -0.15) is 0 Å². The second kappa shape index (κ2) is 18.0. The third-order valence-electron chi connectivity index (χ3n) is 4.72. The Kier molecular flexibility index (Phi) is 18.0. The van der Waals surface area contributed by atoms with Gasteiger partial charge in [0.25, 0.3) is 0 Å². The smallest absolute Gasteiger partial charge is 0.00640 e. The van der Waals surface area contributed by atoms with Gasteiger partial charge in [-0.3, -0.25) is 0 Å². The molecule has 0 aliphatic carbocycles. The zero-order valence-electron chi connectivity index (χ0n) is 15.4. The summed E-state index contributed by atoms with van der Waals surface area (Å²) in [6.45, 7) is 4.59. The highest BCUT2D eigenvalue weighted by Crippen LogP contribution is 2.14. The molecule has 0 aromatic heterocycles. The predicted molar refractivity (Wildman–Crippen MR) is 98.1 cm³/mol. The summed E-state index contributed by atoms with van der Waals surface area (Å²) in [7, 11) is 2.15. The molecular weight excluding hydrogens is 254 g/mol. The quantitative estimate of drug-likeness (QED) is 0.289. The molecule has 128 valence electrons. The van der Waals surface area contributed by atoms with Gasteiger partial charge in [-0.15, -0.1) is 0 Å². The minimum atomic E-state index is 0.774. The maximum atomic E-state index is 3.52. The first-order chi connectivity index (χ1) is 10.3. The number of unbranched alkanes of at least 4 members (excludes halogenated alkanes) is 12. The fourth-order valence-electron chi connectivity index (χ4n) is 3.13. The SMILES string of the molecule is CCCCCCCCCC(CCCCCCCCC)NC. The van der Waals surface area contributed by atoms with Gasteiger partial charge in [-0.05, 0) is 19.9 Å². The summed E-state index contributed by atoms with van der Waals surface area (Å²) in [6.07, 6.45) is 22.8. The van der Waals surface area contributed by atoms with Crippen LogP contribution >= 0.6 is 0 Å². The first-order valence-electron chi connectivity index (χ1n) is 10.0. The summed E-state index contributed by atoms with van der Waals surface area (Å²) in [5, 5.41) is 3.52. The van der Waals surface area contributed by atoms with Crippen LogP contribution in [0, 0.1) is 0 Å². The number of hydrogen-bond acceptors (Lipinski definition) is 1. The molecule has 0 unspecified atom stereocenters. The van der Waals surface area contributed by atoms with Crippen molar-refractivity contribution in [2.45, 2.75) is 123 Å². The Morgan fingerprint density at radius 2 is 0.857 bits per heavy atom. The summed E-state index contributed by atoms with van der Waals surface area (Å²) in [5.74, 6) is 0. The van der Waals surface area contributed by atoms with E-state index in [4.69, 9.17) is 0 Å². The van der Waals surface area contributed by atoms with Crippen LogP contribution < -0.4 is 5.32 Å². The molecule has 0 rings (SSSR count). The molecule has 0 saturated carbocycles. The fraction of sp³-hybridized carbons (Fsp3) is 1.00. The van der Waals surface area contributed by atoms with E-state index >= 15 is 0 Å². The third-order valence-corrected chi connectivity index (χ3v) is 4.72. The van der Waals surface area contributed by atoms with Crippen molar-refractivity contribution in [2.24, 2.45) is 0 Å². The molecule has 1 heteroatoms. The van der Waals surface area contributed by atoms with Gasteiger partial charge < -0.3 is 5.32 Å². The highest BCUT2D eigenvalue weighted by atomic mass is 14.9. The fourth-order valence-corrected chi connectivity index (χ4v) is 3.13. The van der Waals surface area contributed by atoms with E-state index in [2.05, 4.69) is 26.2 Å². The molecule has 1 N–H and O–H groups in total. The summed E-state index contributed by atoms with van der Waals surface area (Å²) < 4.78 is 0. The Balaban J connectivity index is 3.29. The monoisotopic (exact) mass is 297 g/mol. The van der Waals surface area contributed by atoms with Gasteiger partial charge in [-0.25, -0.2) is 0 Å². The standard InChI is InChI=1S/C20H43N/c1-4-6-8-10-12-14-16-18-20(21-3)19-17-15-13-11-9-7-5-2/h20-21H,4-19H2,1-3H3. The van der Waals surface area contributed by atoms with Crippen LogP contribution in [0.4, 0.5) is 0 Å². The van der Waals surface area contributed by atoms with Gasteiger partial charge in [0, 0.05) is 6.04 Å². The van der Waals surface area contributed by atoms with Crippen molar-refractivity contribution in [3.8, 4) is 0 Å². The summed E-state index contributed by atoms with van der Waals surface area (Å²) in [5.41, 5.74) is 0. The maximum Gasteiger partial charge on any atom is 0.00640 e. The minimum Gasteiger partial charge on any atom is -0.317 e. The summed E-state index contributed by atoms with van der Waals surface area (Å²) >= 11 is 0. The molecule has 21 heavy (non-hydrogen) atoms. The van der Waals surface area contributed by atoms with Crippen molar-refractivity contribution in [1.82, 2.24) is 5.32 Å². The Hall–Kier alpha value is -0.0400. The van der Waals surface area contributed by atoms with E-state index in [-0.39, 0.29) is 0 Å². The van der Waals surface area contributed by atoms with Crippen molar-refractivity contribution in [1.29, 1.82) is 0 Å². The molecule has 0 atom stereocenters. The number of nitrogens with one attached hydrogen (secondary N) is 1. The lowest BCUT2D eigenvalue weighted by atomic mass is 10.00. The van der Waals surface area contributed by atoms with Crippen molar-refractivity contribution < 1.29 is 0 Å². The zero-order valence-corrected chi connectivity index (χ0v) is 15.4. The van der Waals surface area contributed by atoms with Crippen LogP contribution in [-0.4, -0.2) is 13.1 Å². The van der Waals surface area contributed by atoms with Crippen molar-refractivity contribution in [3.63, 3.8) is 0 Å². The zero-order chi connectivity index (χ0) is 15.6. The minimum absolute atomic E-state index is 0.774. The summed E-state index contributed by atoms with van der Waals surface area (Å²) in [6, 6.07) is 0.774. The molecule has 0 amide bonds. The van der Waals surface area contributed by atoms with Crippen molar-refractivity contribution in [2.75, 3.05) is 7.05 Å². The van der Waals surface area contributed by atoms with Gasteiger partial charge >= 0.3 is 0 Å². The molecule has 0 aromatic rings. The predicted octanol–water partition coefficient (Wildman–Crippen LogP) is 6.86. The molecule has 0 aliphatic rings. The first kappa shape index (κ1) is 21.0. The molecule has 0 fully saturated rings. The molecule has 1 nitrogen and oxygen atoms in total. The molecular formula is C20H43N. The maximum absolute atomic E-state index is 3.52. The van der Waals surface area contributed by atoms with E-state index in [0.29, 0.717) is 0 Å². The van der Waals surface area contributed by atoms with Gasteiger partial charge in [0.15, 0.2) is 0 Å². The van der Waals surface area contributed by atoms with Gasteiger partial charge in [0.1, 0.15) is 0 Å². The highest BCUT2D eigenvalue weighted by Gasteiger charge is 2.05. The topological polar surface area (TPSA) is 12.0 Å². The average Bonchev–Trinajstić information content (AvgIpc) is 2.51. The van der Waals surface area contributed by atoms with Crippen LogP contribution in [0.5, 0.6) is 0 Å². The van der Waals surface area contributed by atoms with Crippen LogP contribution in [0.2, 0.25) is 0 Å². The van der Waals surface area contributed by atoms with Crippen molar-refractivity contribution >= 4 is 0 Å². The Bertz CT molecular complexity index is 161. The molecule has 0 spiro atoms. The molecule has 0 aromatic carbocycles. The van der Waals surface area contributed by atoms with E-state index in [1.54, 1.807) is 0 Å². The molecule has 0 radical (unpaired) electrons. The lowest BCUT2D eigenvalue weighted by Gasteiger charge is -2.16. The van der Waals surface area contributed by atoms with Gasteiger partial charge in [-0.1, -0.05) is 104 Å². The number of rotatable bonds is 17. The van der Waals surface area contributed by atoms with E-state index in [1.165, 1.54) is 103 Å². The van der Waals surface area contributed by atoms with Crippen LogP contribution in [0.25, 0.3) is 0 Å². The second-order valence-corrected chi connectivity index (χ2v) is 6.81. The molecule has 0 heterocycles. The molecule has 0 aliphatic heterocycles. The van der Waals surface area contributed by atoms with Crippen molar-refractivity contribution in [3.05, 3.63) is 0 Å². The average molecular weight is 298 g/mol. The van der Waals surface area contributed by atoms with Crippen LogP contribution in [0.15, 0.2) is 0 Å². The van der Waals surface area contributed by atoms with E-state index in [1.807, 2.05) is 0 Å². The van der Waals surface area contributed by atoms with Crippen LogP contribution in [0.1, 0.15) is 117 Å². The van der Waals surface area contributed by atoms with Crippen LogP contribution in [0.3, 0.4) is 0 Å². The lowest BCUT2D eigenvalue weighted by molar-refractivity contribution is 0.435. The number of hydrogen-bond donors (Lipinski definition) is 1. The Morgan fingerprint density at radius 1 is 0.524 bits per heavy atom. The Morgan fingerprint density at radius 3 is 1.19 bits per heavy atom. The van der Waals surface area contributed by atoms with E-state index in [0.717, 1.165) is 6.04 Å². The second-order valence-electron chi connectivity index (χ2n) is 6.81. The van der Waals surface area contributed by atoms with Gasteiger partial charge in [0.2, 0.25) is 0 Å². The first-order valence-corrected chi connectivity index (χ1v) is 10.0. The van der Waals surface area contributed by atoms with Gasteiger partial charge in [0.05, 0.1) is 0 Å². The van der Waals surface area contributed by atoms with E-state index < -0.39 is 0 Å². The highest BCUT2D eigenvalue weighted by molar-refractivity contribution is 4.65.